The molecule has 2 heterocycles. The fourth-order valence-corrected chi connectivity index (χ4v) is 3.17. The van der Waals surface area contributed by atoms with Gasteiger partial charge in [-0.3, -0.25) is 4.79 Å². The first-order valence-corrected chi connectivity index (χ1v) is 9.31. The summed E-state index contributed by atoms with van der Waals surface area (Å²) in [5.41, 5.74) is 0.621. The summed E-state index contributed by atoms with van der Waals surface area (Å²) in [5, 5.41) is 9.71. The topological polar surface area (TPSA) is 90.6 Å². The Hall–Kier alpha value is -2.39. The molecule has 1 aliphatic rings. The van der Waals surface area contributed by atoms with E-state index in [4.69, 9.17) is 9.26 Å². The second-order valence-electron chi connectivity index (χ2n) is 5.84. The molecular weight excluding hydrogens is 356 g/mol. The quantitative estimate of drug-likeness (QED) is 0.708. The van der Waals surface area contributed by atoms with Crippen molar-refractivity contribution in [3.8, 4) is 0 Å². The van der Waals surface area contributed by atoms with E-state index in [1.165, 1.54) is 4.79 Å². The van der Waals surface area contributed by atoms with Crippen molar-refractivity contribution >= 4 is 28.7 Å². The molecule has 0 aliphatic carbocycles. The fourth-order valence-electron chi connectivity index (χ4n) is 2.32. The average Bonchev–Trinajstić information content (AvgIpc) is 3.15. The molecule has 1 aliphatic heterocycles. The molecule has 0 N–H and O–H groups in total. The van der Waals surface area contributed by atoms with Gasteiger partial charge in [0.2, 0.25) is 10.4 Å². The molecule has 1 saturated heterocycles. The second kappa shape index (κ2) is 8.81. The highest BCUT2D eigenvalue weighted by Crippen LogP contribution is 2.22. The van der Waals surface area contributed by atoms with Crippen molar-refractivity contribution in [1.29, 1.82) is 0 Å². The predicted octanol–water partition coefficient (Wildman–Crippen LogP) is 1.67. The first kappa shape index (κ1) is 18.4. The van der Waals surface area contributed by atoms with E-state index >= 15 is 0 Å². The van der Waals surface area contributed by atoms with Gasteiger partial charge in [-0.1, -0.05) is 49.0 Å². The van der Waals surface area contributed by atoms with E-state index < -0.39 is 5.92 Å². The number of amides is 1. The Bertz CT molecular complexity index is 746. The van der Waals surface area contributed by atoms with Crippen LogP contribution in [0.15, 0.2) is 41.1 Å². The van der Waals surface area contributed by atoms with Crippen molar-refractivity contribution in [1.82, 2.24) is 5.27 Å². The molecule has 1 aromatic heterocycles. The lowest BCUT2D eigenvalue weighted by atomic mass is 10.2. The highest BCUT2D eigenvalue weighted by molar-refractivity contribution is 8.14. The summed E-state index contributed by atoms with van der Waals surface area (Å²) in [6.07, 6.45) is 1.57. The van der Waals surface area contributed by atoms with Crippen molar-refractivity contribution < 1.29 is 23.6 Å². The lowest BCUT2D eigenvalue weighted by Gasteiger charge is -2.19. The number of ether oxygens (including phenoxy) is 1. The molecule has 138 valence electrons. The van der Waals surface area contributed by atoms with E-state index in [9.17, 15) is 9.59 Å². The minimum Gasteiger partial charge on any atom is -0.588 e. The van der Waals surface area contributed by atoms with Gasteiger partial charge in [0.05, 0.1) is 37.0 Å². The zero-order valence-corrected chi connectivity index (χ0v) is 15.2. The third-order valence-electron chi connectivity index (χ3n) is 3.84. The average molecular weight is 376 g/mol. The molecule has 26 heavy (non-hydrogen) atoms. The zero-order valence-electron chi connectivity index (χ0n) is 14.4. The Morgan fingerprint density at radius 3 is 2.77 bits per heavy atom. The molecule has 1 amide bonds. The number of aromatic nitrogens is 2. The van der Waals surface area contributed by atoms with Gasteiger partial charge < -0.3 is 19.4 Å². The van der Waals surface area contributed by atoms with E-state index in [2.05, 4.69) is 10.6 Å². The van der Waals surface area contributed by atoms with E-state index in [0.29, 0.717) is 37.6 Å². The molecule has 8 nitrogen and oxygen atoms in total. The number of morpholine rings is 1. The van der Waals surface area contributed by atoms with E-state index in [-0.39, 0.29) is 16.9 Å². The summed E-state index contributed by atoms with van der Waals surface area (Å²) in [6.45, 7) is 4.37. The minimum atomic E-state index is -0.408. The van der Waals surface area contributed by atoms with Crippen LogP contribution in [0.25, 0.3) is 5.32 Å². The highest BCUT2D eigenvalue weighted by atomic mass is 32.2. The molecular formula is C17H20N4O4S. The fraction of sp³-hybridized carbons (Fsp3) is 0.412. The molecule has 3 rings (SSSR count). The van der Waals surface area contributed by atoms with Gasteiger partial charge in [-0.25, -0.2) is 0 Å². The molecule has 9 heteroatoms. The smallest absolute Gasteiger partial charge is 0.257 e. The van der Waals surface area contributed by atoms with E-state index in [1.54, 1.807) is 25.3 Å². The van der Waals surface area contributed by atoms with Crippen LogP contribution in [-0.4, -0.2) is 48.3 Å². The van der Waals surface area contributed by atoms with Crippen molar-refractivity contribution in [3.05, 3.63) is 47.4 Å². The number of hydrogen-bond acceptors (Lipinski definition) is 7. The Balaban J connectivity index is 1.48. The van der Waals surface area contributed by atoms with Crippen LogP contribution in [0.3, 0.4) is 0 Å². The number of rotatable bonds is 6. The van der Waals surface area contributed by atoms with Crippen molar-refractivity contribution in [2.45, 2.75) is 6.92 Å². The molecule has 1 aromatic carbocycles. The van der Waals surface area contributed by atoms with Crippen LogP contribution in [0, 0.1) is 5.92 Å². The zero-order chi connectivity index (χ0) is 18.4. The first-order chi connectivity index (χ1) is 12.6. The second-order valence-corrected chi connectivity index (χ2v) is 6.84. The number of carbonyl (C=O) groups is 2. The third kappa shape index (κ3) is 4.83. The molecule has 0 spiro atoms. The highest BCUT2D eigenvalue weighted by Gasteiger charge is 2.21. The van der Waals surface area contributed by atoms with Crippen LogP contribution in [0.1, 0.15) is 17.3 Å². The summed E-state index contributed by atoms with van der Waals surface area (Å²) in [4.78, 5) is 25.8. The van der Waals surface area contributed by atoms with Gasteiger partial charge in [0.1, 0.15) is 5.88 Å². The Morgan fingerprint density at radius 2 is 2.04 bits per heavy atom. The summed E-state index contributed by atoms with van der Waals surface area (Å²) in [7, 11) is 0. The largest absolute Gasteiger partial charge is 0.588 e. The molecule has 0 saturated carbocycles. The van der Waals surface area contributed by atoms with E-state index in [1.807, 2.05) is 23.2 Å². The van der Waals surface area contributed by atoms with Crippen molar-refractivity contribution in [2.24, 2.45) is 5.92 Å². The monoisotopic (exact) mass is 376 g/mol. The molecule has 1 fully saturated rings. The number of carbonyl (C=O) groups excluding carboxylic acids is 2. The van der Waals surface area contributed by atoms with Crippen LogP contribution in [0.2, 0.25) is 0 Å². The summed E-state index contributed by atoms with van der Waals surface area (Å²) < 4.78 is 10.4. The van der Waals surface area contributed by atoms with Gasteiger partial charge in [-0.2, -0.15) is 0 Å². The third-order valence-corrected chi connectivity index (χ3v) is 5.00. The predicted molar refractivity (Wildman–Crippen MR) is 95.9 cm³/mol. The Labute approximate surface area is 155 Å². The maximum absolute atomic E-state index is 12.2. The van der Waals surface area contributed by atoms with Crippen LogP contribution >= 0.6 is 11.8 Å². The molecule has 1 atom stereocenters. The Kier molecular flexibility index (Phi) is 6.24. The molecule has 2 aromatic rings. The summed E-state index contributed by atoms with van der Waals surface area (Å²) in [5.74, 6) is -0.251. The number of nitrogens with zero attached hydrogens (tertiary/aromatic N) is 4. The molecule has 0 radical (unpaired) electrons. The van der Waals surface area contributed by atoms with Crippen molar-refractivity contribution in [3.63, 3.8) is 0 Å². The maximum Gasteiger partial charge on any atom is 0.257 e. The van der Waals surface area contributed by atoms with Crippen LogP contribution in [0.4, 0.5) is 5.88 Å². The maximum atomic E-state index is 12.2. The van der Waals surface area contributed by atoms with Crippen molar-refractivity contribution in [2.75, 3.05) is 37.1 Å². The first-order valence-electron chi connectivity index (χ1n) is 8.33. The lowest BCUT2D eigenvalue weighted by molar-refractivity contribution is -0.759. The summed E-state index contributed by atoms with van der Waals surface area (Å²) >= 11 is 1.11. The van der Waals surface area contributed by atoms with Crippen LogP contribution in [0.5, 0.6) is 0 Å². The van der Waals surface area contributed by atoms with Gasteiger partial charge in [-0.05, 0) is 0 Å². The number of thioether (sulfide) groups is 1. The Morgan fingerprint density at radius 1 is 1.31 bits per heavy atom. The van der Waals surface area contributed by atoms with Crippen LogP contribution in [-0.2, 0) is 9.53 Å². The van der Waals surface area contributed by atoms with Gasteiger partial charge >= 0.3 is 0 Å². The minimum absolute atomic E-state index is 0.0601. The van der Waals surface area contributed by atoms with Gasteiger partial charge in [0.25, 0.3) is 6.20 Å². The number of hydrogen-bond donors (Lipinski definition) is 0. The molecule has 0 bridgehead atoms. The van der Waals surface area contributed by atoms with Gasteiger partial charge in [0, 0.05) is 17.2 Å². The number of benzene rings is 1. The van der Waals surface area contributed by atoms with Gasteiger partial charge in [0.15, 0.2) is 0 Å². The molecule has 0 unspecified atom stereocenters. The van der Waals surface area contributed by atoms with Crippen LogP contribution < -0.4 is 9.80 Å². The van der Waals surface area contributed by atoms with E-state index in [0.717, 1.165) is 11.8 Å². The standard InChI is InChI=1S/C17H20N4O4S/c1-13(12-26-17(23)14-5-3-2-4-6-14)16(22)18-15-11-21(19-25-15)20-7-9-24-10-8-20/h2-6,11,13H,7-10,12H2,1H3/t13-/m1/s1. The normalized spacial score (nSPS) is 15.5. The summed E-state index contributed by atoms with van der Waals surface area (Å²) in [6, 6.07) is 8.99. The lowest BCUT2D eigenvalue weighted by Crippen LogP contribution is -2.62. The SMILES string of the molecule is C[C@H](CSC(=O)c1ccccc1)C(=O)[N-]c1c[n+](N2CCOCC2)no1. The van der Waals surface area contributed by atoms with Gasteiger partial charge in [-0.15, -0.1) is 5.01 Å².